The number of nitrogens with zero attached hydrogens (tertiary/aromatic N) is 4. The molecule has 0 spiro atoms. The molecule has 2 rings (SSSR count). The molecule has 0 radical (unpaired) electrons. The Bertz CT molecular complexity index is 666. The molecule has 0 amide bonds. The summed E-state index contributed by atoms with van der Waals surface area (Å²) < 4.78 is 5.43. The molecule has 4 N–H and O–H groups in total. The first kappa shape index (κ1) is 14.5. The van der Waals surface area contributed by atoms with Gasteiger partial charge in [-0.3, -0.25) is 5.43 Å². The molecule has 1 aromatic heterocycles. The predicted octanol–water partition coefficient (Wildman–Crippen LogP) is 1.56. The van der Waals surface area contributed by atoms with Crippen molar-refractivity contribution in [2.75, 3.05) is 10.7 Å². The Labute approximate surface area is 122 Å². The number of hydrogen-bond acceptors (Lipinski definition) is 8. The summed E-state index contributed by atoms with van der Waals surface area (Å²) in [5.74, 6) is 5.73. The summed E-state index contributed by atoms with van der Waals surface area (Å²) in [5, 5.41) is 12.0. The highest BCUT2D eigenvalue weighted by Crippen LogP contribution is 2.20. The van der Waals surface area contributed by atoms with Gasteiger partial charge in [-0.05, 0) is 26.0 Å². The van der Waals surface area contributed by atoms with Gasteiger partial charge in [0, 0.05) is 0 Å². The van der Waals surface area contributed by atoms with Crippen molar-refractivity contribution in [3.63, 3.8) is 0 Å². The zero-order valence-corrected chi connectivity index (χ0v) is 11.7. The Morgan fingerprint density at radius 1 is 1.19 bits per heavy atom. The van der Waals surface area contributed by atoms with E-state index in [1.54, 1.807) is 24.3 Å². The molecule has 0 aliphatic carbocycles. The van der Waals surface area contributed by atoms with E-state index in [2.05, 4.69) is 31.8 Å². The van der Waals surface area contributed by atoms with E-state index >= 15 is 0 Å². The van der Waals surface area contributed by atoms with E-state index in [9.17, 15) is 0 Å². The second kappa shape index (κ2) is 6.49. The van der Waals surface area contributed by atoms with Gasteiger partial charge < -0.3 is 10.1 Å². The van der Waals surface area contributed by atoms with E-state index in [4.69, 9.17) is 15.8 Å². The molecule has 1 aromatic carbocycles. The van der Waals surface area contributed by atoms with Crippen LogP contribution in [0, 0.1) is 11.3 Å². The van der Waals surface area contributed by atoms with Crippen LogP contribution in [0.3, 0.4) is 0 Å². The van der Waals surface area contributed by atoms with Crippen molar-refractivity contribution in [1.82, 2.24) is 15.0 Å². The largest absolute Gasteiger partial charge is 0.461 e. The van der Waals surface area contributed by atoms with Crippen LogP contribution in [0.1, 0.15) is 19.4 Å². The number of hydrazine groups is 1. The number of aromatic nitrogens is 3. The van der Waals surface area contributed by atoms with Crippen molar-refractivity contribution in [2.24, 2.45) is 5.84 Å². The first-order chi connectivity index (χ1) is 10.1. The minimum absolute atomic E-state index is 0.0859. The van der Waals surface area contributed by atoms with Crippen LogP contribution in [0.15, 0.2) is 24.3 Å². The summed E-state index contributed by atoms with van der Waals surface area (Å²) in [6, 6.07) is 9.25. The fourth-order valence-electron chi connectivity index (χ4n) is 1.55. The molecule has 0 aliphatic rings. The Hall–Kier alpha value is -2.92. The highest BCUT2D eigenvalue weighted by Gasteiger charge is 2.10. The molecule has 8 heteroatoms. The summed E-state index contributed by atoms with van der Waals surface area (Å²) in [4.78, 5) is 12.2. The molecule has 0 aliphatic heterocycles. The summed E-state index contributed by atoms with van der Waals surface area (Å²) in [5.41, 5.74) is 3.41. The second-order valence-electron chi connectivity index (χ2n) is 4.36. The van der Waals surface area contributed by atoms with Gasteiger partial charge in [-0.25, -0.2) is 5.84 Å². The maximum atomic E-state index is 9.07. The third kappa shape index (κ3) is 3.77. The molecule has 8 nitrogen and oxygen atoms in total. The van der Waals surface area contributed by atoms with E-state index in [0.29, 0.717) is 11.3 Å². The van der Waals surface area contributed by atoms with Gasteiger partial charge in [0.1, 0.15) is 6.07 Å². The van der Waals surface area contributed by atoms with Crippen molar-refractivity contribution < 1.29 is 4.74 Å². The van der Waals surface area contributed by atoms with Crippen molar-refractivity contribution in [3.05, 3.63) is 29.8 Å². The molecule has 0 fully saturated rings. The van der Waals surface area contributed by atoms with Gasteiger partial charge in [-0.15, -0.1) is 0 Å². The summed E-state index contributed by atoms with van der Waals surface area (Å²) in [6.45, 7) is 3.72. The lowest BCUT2D eigenvalue weighted by atomic mass is 10.2. The van der Waals surface area contributed by atoms with E-state index < -0.39 is 0 Å². The van der Waals surface area contributed by atoms with E-state index in [1.807, 2.05) is 13.8 Å². The van der Waals surface area contributed by atoms with Crippen LogP contribution in [-0.2, 0) is 0 Å². The lowest BCUT2D eigenvalue weighted by molar-refractivity contribution is 0.222. The van der Waals surface area contributed by atoms with Crippen LogP contribution < -0.4 is 21.3 Å². The number of ether oxygens (including phenoxy) is 1. The number of hydrogen-bond donors (Lipinski definition) is 3. The smallest absolute Gasteiger partial charge is 0.323 e. The molecule has 0 saturated heterocycles. The summed E-state index contributed by atoms with van der Waals surface area (Å²) in [7, 11) is 0. The summed E-state index contributed by atoms with van der Waals surface area (Å²) in [6.07, 6.45) is -0.0859. The first-order valence-electron chi connectivity index (χ1n) is 6.28. The minimum Gasteiger partial charge on any atom is -0.461 e. The fourth-order valence-corrected chi connectivity index (χ4v) is 1.55. The Morgan fingerprint density at radius 2 is 1.90 bits per heavy atom. The minimum atomic E-state index is -0.0859. The normalized spacial score (nSPS) is 10.0. The van der Waals surface area contributed by atoms with Crippen molar-refractivity contribution in [2.45, 2.75) is 20.0 Å². The Kier molecular flexibility index (Phi) is 4.48. The second-order valence-corrected chi connectivity index (χ2v) is 4.36. The van der Waals surface area contributed by atoms with Crippen molar-refractivity contribution in [3.8, 4) is 12.1 Å². The van der Waals surface area contributed by atoms with Crippen LogP contribution in [-0.4, -0.2) is 21.1 Å². The van der Waals surface area contributed by atoms with E-state index in [1.165, 1.54) is 0 Å². The van der Waals surface area contributed by atoms with Gasteiger partial charge >= 0.3 is 6.01 Å². The number of rotatable bonds is 5. The molecule has 21 heavy (non-hydrogen) atoms. The SMILES string of the molecule is CC(C)Oc1nc(NN)nc(Nc2ccccc2C#N)n1. The molecule has 2 aromatic rings. The average Bonchev–Trinajstić information content (AvgIpc) is 2.46. The van der Waals surface area contributed by atoms with Gasteiger partial charge in [0.15, 0.2) is 0 Å². The van der Waals surface area contributed by atoms with Gasteiger partial charge in [0.2, 0.25) is 11.9 Å². The number of nitriles is 1. The first-order valence-corrected chi connectivity index (χ1v) is 6.28. The maximum Gasteiger partial charge on any atom is 0.323 e. The molecular weight excluding hydrogens is 270 g/mol. The number of para-hydroxylation sites is 1. The van der Waals surface area contributed by atoms with Crippen LogP contribution in [0.4, 0.5) is 17.6 Å². The molecule has 0 bridgehead atoms. The number of nitrogens with two attached hydrogens (primary N) is 1. The molecule has 108 valence electrons. The predicted molar refractivity (Wildman–Crippen MR) is 77.8 cm³/mol. The average molecular weight is 285 g/mol. The highest BCUT2D eigenvalue weighted by atomic mass is 16.5. The zero-order valence-electron chi connectivity index (χ0n) is 11.7. The van der Waals surface area contributed by atoms with Crippen LogP contribution in [0.25, 0.3) is 0 Å². The Balaban J connectivity index is 2.33. The fraction of sp³-hybridized carbons (Fsp3) is 0.231. The molecule has 0 unspecified atom stereocenters. The monoisotopic (exact) mass is 285 g/mol. The third-order valence-corrected chi connectivity index (χ3v) is 2.38. The van der Waals surface area contributed by atoms with Gasteiger partial charge in [0.05, 0.1) is 17.4 Å². The number of anilines is 3. The maximum absolute atomic E-state index is 9.07. The topological polar surface area (TPSA) is 122 Å². The van der Waals surface area contributed by atoms with E-state index in [0.717, 1.165) is 0 Å². The Morgan fingerprint density at radius 3 is 2.57 bits per heavy atom. The standard InChI is InChI=1S/C13H15N7O/c1-8(2)21-13-18-11(17-12(19-13)20-15)16-10-6-4-3-5-9(10)7-14/h3-6,8H,15H2,1-2H3,(H2,16,17,18,19,20). The summed E-state index contributed by atoms with van der Waals surface area (Å²) >= 11 is 0. The number of nitrogen functional groups attached to an aromatic ring is 1. The quantitative estimate of drug-likeness (QED) is 0.559. The number of nitrogens with one attached hydrogen (secondary N) is 2. The van der Waals surface area contributed by atoms with Gasteiger partial charge in [-0.1, -0.05) is 12.1 Å². The third-order valence-electron chi connectivity index (χ3n) is 2.38. The molecule has 0 atom stereocenters. The van der Waals surface area contributed by atoms with E-state index in [-0.39, 0.29) is 24.0 Å². The van der Waals surface area contributed by atoms with Gasteiger partial charge in [0.25, 0.3) is 0 Å². The van der Waals surface area contributed by atoms with Crippen molar-refractivity contribution >= 4 is 17.6 Å². The zero-order chi connectivity index (χ0) is 15.2. The van der Waals surface area contributed by atoms with Crippen LogP contribution in [0.5, 0.6) is 6.01 Å². The highest BCUT2D eigenvalue weighted by molar-refractivity contribution is 5.63. The van der Waals surface area contributed by atoms with Crippen LogP contribution in [0.2, 0.25) is 0 Å². The lowest BCUT2D eigenvalue weighted by Crippen LogP contribution is -2.15. The molecule has 1 heterocycles. The number of benzene rings is 1. The lowest BCUT2D eigenvalue weighted by Gasteiger charge is -2.11. The van der Waals surface area contributed by atoms with Crippen LogP contribution >= 0.6 is 0 Å². The molecular formula is C13H15N7O. The van der Waals surface area contributed by atoms with Crippen molar-refractivity contribution in [1.29, 1.82) is 5.26 Å². The van der Waals surface area contributed by atoms with Gasteiger partial charge in [-0.2, -0.15) is 20.2 Å². The molecule has 0 saturated carbocycles.